The van der Waals surface area contributed by atoms with E-state index in [1.54, 1.807) is 18.4 Å². The van der Waals surface area contributed by atoms with Gasteiger partial charge in [0, 0.05) is 23.8 Å². The van der Waals surface area contributed by atoms with Crippen molar-refractivity contribution in [1.82, 2.24) is 15.5 Å². The molecule has 1 N–H and O–H groups in total. The van der Waals surface area contributed by atoms with E-state index < -0.39 is 0 Å². The highest BCUT2D eigenvalue weighted by molar-refractivity contribution is 9.10. The number of carbonyl (C=O) groups is 1. The summed E-state index contributed by atoms with van der Waals surface area (Å²) in [6.45, 7) is 1.94. The lowest BCUT2D eigenvalue weighted by Crippen LogP contribution is -2.26. The Morgan fingerprint density at radius 1 is 1.42 bits per heavy atom. The molecule has 6 nitrogen and oxygen atoms in total. The van der Waals surface area contributed by atoms with E-state index in [9.17, 15) is 4.79 Å². The maximum absolute atomic E-state index is 12.2. The SMILES string of the molecule is COc1ccc(C(C)NC(=O)CCc2nc(-c3ccsc3)no2)cc1Br. The Bertz CT molecular complexity index is 880. The average molecular weight is 436 g/mol. The van der Waals surface area contributed by atoms with Crippen LogP contribution in [-0.4, -0.2) is 23.2 Å². The summed E-state index contributed by atoms with van der Waals surface area (Å²) in [6, 6.07) is 7.55. The molecule has 1 amide bonds. The predicted octanol–water partition coefficient (Wildman–Crippen LogP) is 4.38. The number of hydrogen-bond donors (Lipinski definition) is 1. The topological polar surface area (TPSA) is 77.2 Å². The molecule has 136 valence electrons. The van der Waals surface area contributed by atoms with Crippen molar-refractivity contribution in [2.45, 2.75) is 25.8 Å². The van der Waals surface area contributed by atoms with Crippen LogP contribution in [0.1, 0.15) is 30.8 Å². The predicted molar refractivity (Wildman–Crippen MR) is 103 cm³/mol. The first-order valence-corrected chi connectivity index (χ1v) is 9.78. The van der Waals surface area contributed by atoms with Crippen molar-refractivity contribution in [3.05, 3.63) is 51.0 Å². The standard InChI is InChI=1S/C18H18BrN3O3S/c1-11(12-3-4-15(24-2)14(19)9-12)20-16(23)5-6-17-21-18(22-25-17)13-7-8-26-10-13/h3-4,7-11H,5-6H2,1-2H3,(H,20,23). The summed E-state index contributed by atoms with van der Waals surface area (Å²) in [4.78, 5) is 16.5. The zero-order chi connectivity index (χ0) is 18.5. The van der Waals surface area contributed by atoms with Gasteiger partial charge in [-0.2, -0.15) is 16.3 Å². The molecule has 26 heavy (non-hydrogen) atoms. The zero-order valence-corrected chi connectivity index (χ0v) is 16.8. The second kappa shape index (κ2) is 8.46. The Kier molecular flexibility index (Phi) is 6.05. The second-order valence-corrected chi connectivity index (χ2v) is 7.34. The number of benzene rings is 1. The highest BCUT2D eigenvalue weighted by atomic mass is 79.9. The van der Waals surface area contributed by atoms with Crippen molar-refractivity contribution < 1.29 is 14.1 Å². The summed E-state index contributed by atoms with van der Waals surface area (Å²) in [6.07, 6.45) is 0.689. The molecule has 1 atom stereocenters. The molecular formula is C18H18BrN3O3S. The van der Waals surface area contributed by atoms with Crippen LogP contribution in [0.5, 0.6) is 5.75 Å². The van der Waals surface area contributed by atoms with E-state index in [0.717, 1.165) is 21.3 Å². The molecule has 3 rings (SSSR count). The molecule has 0 spiro atoms. The molecule has 0 bridgehead atoms. The lowest BCUT2D eigenvalue weighted by Gasteiger charge is -2.15. The molecule has 0 aliphatic rings. The van der Waals surface area contributed by atoms with E-state index in [4.69, 9.17) is 9.26 Å². The molecule has 2 aromatic heterocycles. The summed E-state index contributed by atoms with van der Waals surface area (Å²) >= 11 is 5.03. The Morgan fingerprint density at radius 2 is 2.27 bits per heavy atom. The molecule has 0 aliphatic carbocycles. The quantitative estimate of drug-likeness (QED) is 0.595. The number of aromatic nitrogens is 2. The molecule has 2 heterocycles. The smallest absolute Gasteiger partial charge is 0.227 e. The fourth-order valence-electron chi connectivity index (χ4n) is 2.43. The second-order valence-electron chi connectivity index (χ2n) is 5.71. The van der Waals surface area contributed by atoms with Crippen LogP contribution in [-0.2, 0) is 11.2 Å². The molecule has 0 aliphatic heterocycles. The van der Waals surface area contributed by atoms with Crippen molar-refractivity contribution in [1.29, 1.82) is 0 Å². The van der Waals surface area contributed by atoms with Crippen LogP contribution in [0, 0.1) is 0 Å². The number of halogens is 1. The Labute approximate surface area is 163 Å². The summed E-state index contributed by atoms with van der Waals surface area (Å²) in [5.41, 5.74) is 1.91. The highest BCUT2D eigenvalue weighted by Crippen LogP contribution is 2.28. The number of amides is 1. The van der Waals surface area contributed by atoms with Gasteiger partial charge in [-0.3, -0.25) is 4.79 Å². The van der Waals surface area contributed by atoms with Crippen LogP contribution in [0.15, 0.2) is 44.0 Å². The number of methoxy groups -OCH3 is 1. The average Bonchev–Trinajstić information content (AvgIpc) is 3.31. The van der Waals surface area contributed by atoms with Crippen LogP contribution in [0.2, 0.25) is 0 Å². The summed E-state index contributed by atoms with van der Waals surface area (Å²) in [7, 11) is 1.62. The molecule has 8 heteroatoms. The van der Waals surface area contributed by atoms with Crippen LogP contribution < -0.4 is 10.1 Å². The van der Waals surface area contributed by atoms with Gasteiger partial charge in [-0.15, -0.1) is 0 Å². The van der Waals surface area contributed by atoms with Gasteiger partial charge >= 0.3 is 0 Å². The minimum atomic E-state index is -0.117. The largest absolute Gasteiger partial charge is 0.496 e. The number of hydrogen-bond acceptors (Lipinski definition) is 6. The first-order chi connectivity index (χ1) is 12.6. The number of nitrogens with one attached hydrogen (secondary N) is 1. The first kappa shape index (κ1) is 18.6. The first-order valence-electron chi connectivity index (χ1n) is 8.04. The number of aryl methyl sites for hydroxylation is 1. The highest BCUT2D eigenvalue weighted by Gasteiger charge is 2.14. The fourth-order valence-corrected chi connectivity index (χ4v) is 3.63. The van der Waals surface area contributed by atoms with E-state index in [2.05, 4.69) is 31.4 Å². The third-order valence-corrected chi connectivity index (χ3v) is 5.17. The number of carbonyl (C=O) groups excluding carboxylic acids is 1. The third-order valence-electron chi connectivity index (χ3n) is 3.87. The fraction of sp³-hybridized carbons (Fsp3) is 0.278. The Morgan fingerprint density at radius 3 is 2.96 bits per heavy atom. The molecule has 0 fully saturated rings. The van der Waals surface area contributed by atoms with Crippen molar-refractivity contribution in [2.24, 2.45) is 0 Å². The van der Waals surface area contributed by atoms with E-state index in [1.165, 1.54) is 0 Å². The van der Waals surface area contributed by atoms with E-state index in [1.807, 2.05) is 41.9 Å². The van der Waals surface area contributed by atoms with Gasteiger partial charge in [0.05, 0.1) is 17.6 Å². The van der Waals surface area contributed by atoms with Gasteiger partial charge in [0.15, 0.2) is 0 Å². The van der Waals surface area contributed by atoms with Crippen LogP contribution in [0.4, 0.5) is 0 Å². The lowest BCUT2D eigenvalue weighted by molar-refractivity contribution is -0.121. The Hall–Kier alpha value is -2.19. The van der Waals surface area contributed by atoms with Gasteiger partial charge in [0.1, 0.15) is 5.75 Å². The third kappa shape index (κ3) is 4.50. The van der Waals surface area contributed by atoms with Crippen LogP contribution in [0.3, 0.4) is 0 Å². The van der Waals surface area contributed by atoms with E-state index >= 15 is 0 Å². The normalized spacial score (nSPS) is 12.0. The maximum Gasteiger partial charge on any atom is 0.227 e. The van der Waals surface area contributed by atoms with E-state index in [0.29, 0.717) is 18.1 Å². The molecule has 0 saturated carbocycles. The van der Waals surface area contributed by atoms with Gasteiger partial charge in [0.2, 0.25) is 17.6 Å². The lowest BCUT2D eigenvalue weighted by atomic mass is 10.1. The van der Waals surface area contributed by atoms with Gasteiger partial charge in [-0.25, -0.2) is 0 Å². The molecule has 3 aromatic rings. The molecule has 1 aromatic carbocycles. The number of nitrogens with zero attached hydrogens (tertiary/aromatic N) is 2. The monoisotopic (exact) mass is 435 g/mol. The Balaban J connectivity index is 1.53. The molecule has 0 radical (unpaired) electrons. The summed E-state index contributed by atoms with van der Waals surface area (Å²) in [5, 5.41) is 10.8. The van der Waals surface area contributed by atoms with E-state index in [-0.39, 0.29) is 18.4 Å². The number of thiophene rings is 1. The maximum atomic E-state index is 12.2. The van der Waals surface area contributed by atoms with Gasteiger partial charge < -0.3 is 14.6 Å². The zero-order valence-electron chi connectivity index (χ0n) is 14.4. The molecular weight excluding hydrogens is 418 g/mol. The van der Waals surface area contributed by atoms with Crippen molar-refractivity contribution in [3.8, 4) is 17.1 Å². The number of ether oxygens (including phenoxy) is 1. The van der Waals surface area contributed by atoms with Crippen molar-refractivity contribution in [3.63, 3.8) is 0 Å². The van der Waals surface area contributed by atoms with Crippen LogP contribution >= 0.6 is 27.3 Å². The minimum Gasteiger partial charge on any atom is -0.496 e. The van der Waals surface area contributed by atoms with Crippen LogP contribution in [0.25, 0.3) is 11.4 Å². The van der Waals surface area contributed by atoms with Gasteiger partial charge in [0.25, 0.3) is 0 Å². The van der Waals surface area contributed by atoms with Crippen molar-refractivity contribution in [2.75, 3.05) is 7.11 Å². The number of rotatable bonds is 7. The molecule has 1 unspecified atom stereocenters. The summed E-state index contributed by atoms with van der Waals surface area (Å²) in [5.74, 6) is 1.70. The van der Waals surface area contributed by atoms with Gasteiger partial charge in [-0.1, -0.05) is 11.2 Å². The van der Waals surface area contributed by atoms with Gasteiger partial charge in [-0.05, 0) is 52.0 Å². The summed E-state index contributed by atoms with van der Waals surface area (Å²) < 4.78 is 11.3. The molecule has 0 saturated heterocycles. The van der Waals surface area contributed by atoms with Crippen molar-refractivity contribution >= 4 is 33.2 Å². The minimum absolute atomic E-state index is 0.0697.